The molecule has 1 N–H and O–H groups in total. The minimum Gasteiger partial charge on any atom is -0.308 e. The Hall–Kier alpha value is -0.0400. The van der Waals surface area contributed by atoms with Crippen LogP contribution in [0.25, 0.3) is 0 Å². The van der Waals surface area contributed by atoms with Gasteiger partial charge in [-0.3, -0.25) is 0 Å². The molecule has 4 rings (SSSR count). The van der Waals surface area contributed by atoms with E-state index in [1.54, 1.807) is 0 Å². The topological polar surface area (TPSA) is 12.0 Å². The maximum atomic E-state index is 3.46. The molecule has 1 nitrogen and oxygen atoms in total. The summed E-state index contributed by atoms with van der Waals surface area (Å²) in [4.78, 5) is 0. The fourth-order valence-corrected chi connectivity index (χ4v) is 1.99. The number of hydrogen-bond donors (Lipinski definition) is 1. The van der Waals surface area contributed by atoms with Gasteiger partial charge in [-0.1, -0.05) is 0 Å². The first kappa shape index (κ1) is 2.31. The van der Waals surface area contributed by atoms with Gasteiger partial charge in [0, 0.05) is 11.6 Å². The van der Waals surface area contributed by atoms with Crippen molar-refractivity contribution in [1.29, 1.82) is 0 Å². The third-order valence-electron chi connectivity index (χ3n) is 2.68. The summed E-state index contributed by atoms with van der Waals surface area (Å²) < 4.78 is 0. The first-order valence-corrected chi connectivity index (χ1v) is 2.68. The third-order valence-corrected chi connectivity index (χ3v) is 2.68. The van der Waals surface area contributed by atoms with Gasteiger partial charge in [-0.15, -0.1) is 0 Å². The standard InChI is InChI=1S/C5H7N/c1-3-4-2-5(1,3)6-4/h3-4,6H,1-2H2/t3?,4?,5-/m0/s1. The first-order chi connectivity index (χ1) is 2.91. The molecule has 4 aliphatic rings. The van der Waals surface area contributed by atoms with Gasteiger partial charge in [0.15, 0.2) is 0 Å². The molecule has 2 aliphatic carbocycles. The fourth-order valence-electron chi connectivity index (χ4n) is 1.99. The van der Waals surface area contributed by atoms with Gasteiger partial charge in [0.25, 0.3) is 0 Å². The third kappa shape index (κ3) is 0.0658. The second-order valence-electron chi connectivity index (χ2n) is 2.92. The van der Waals surface area contributed by atoms with Gasteiger partial charge in [-0.2, -0.15) is 0 Å². The molecule has 32 valence electrons. The van der Waals surface area contributed by atoms with Crippen LogP contribution >= 0.6 is 0 Å². The number of rotatable bonds is 0. The van der Waals surface area contributed by atoms with E-state index in [2.05, 4.69) is 5.32 Å². The van der Waals surface area contributed by atoms with E-state index in [9.17, 15) is 0 Å². The predicted octanol–water partition coefficient (Wildman–Crippen LogP) is 0.121. The quantitative estimate of drug-likeness (QED) is 0.436. The molecule has 3 atom stereocenters. The second-order valence-corrected chi connectivity index (χ2v) is 2.92. The second kappa shape index (κ2) is 0.348. The molecule has 6 heavy (non-hydrogen) atoms. The Morgan fingerprint density at radius 1 is 1.50 bits per heavy atom. The van der Waals surface area contributed by atoms with Crippen LogP contribution in [0.3, 0.4) is 0 Å². The molecule has 2 heterocycles. The van der Waals surface area contributed by atoms with Crippen LogP contribution in [0, 0.1) is 5.92 Å². The largest absolute Gasteiger partial charge is 0.308 e. The summed E-state index contributed by atoms with van der Waals surface area (Å²) in [5.41, 5.74) is 0.782. The summed E-state index contributed by atoms with van der Waals surface area (Å²) in [6, 6.07) is 0.991. The molecule has 1 heteroatoms. The molecule has 0 aromatic rings. The SMILES string of the molecule is C1C2N[C@@]13CC23. The van der Waals surface area contributed by atoms with Gasteiger partial charge >= 0.3 is 0 Å². The highest BCUT2D eigenvalue weighted by atomic mass is 15.3. The molecule has 0 amide bonds. The smallest absolute Gasteiger partial charge is 0.0246 e. The maximum absolute atomic E-state index is 3.46. The summed E-state index contributed by atoms with van der Waals surface area (Å²) in [5, 5.41) is 3.46. The average Bonchev–Trinajstić information content (AvgIpc) is 1.63. The van der Waals surface area contributed by atoms with Crippen molar-refractivity contribution in [2.45, 2.75) is 24.4 Å². The number of hydrogen-bond acceptors (Lipinski definition) is 1. The Balaban J connectivity index is 2.26. The zero-order chi connectivity index (χ0) is 3.78. The van der Waals surface area contributed by atoms with Crippen LogP contribution in [-0.4, -0.2) is 11.6 Å². The Morgan fingerprint density at radius 3 is 2.17 bits per heavy atom. The van der Waals surface area contributed by atoms with E-state index in [1.165, 1.54) is 12.8 Å². The van der Waals surface area contributed by atoms with Crippen LogP contribution in [0.5, 0.6) is 0 Å². The predicted molar refractivity (Wildman–Crippen MR) is 22.4 cm³/mol. The fraction of sp³-hybridized carbons (Fsp3) is 1.00. The van der Waals surface area contributed by atoms with Gasteiger partial charge < -0.3 is 5.32 Å². The summed E-state index contributed by atoms with van der Waals surface area (Å²) in [5.74, 6) is 1.16. The molecule has 0 radical (unpaired) electrons. The number of nitrogens with one attached hydrogen (secondary N) is 1. The molecular weight excluding hydrogens is 74.1 g/mol. The molecule has 0 aromatic heterocycles. The van der Waals surface area contributed by atoms with Crippen molar-refractivity contribution in [3.63, 3.8) is 0 Å². The van der Waals surface area contributed by atoms with Crippen LogP contribution in [0.15, 0.2) is 0 Å². The molecule has 2 saturated carbocycles. The van der Waals surface area contributed by atoms with Crippen molar-refractivity contribution in [2.75, 3.05) is 0 Å². The van der Waals surface area contributed by atoms with E-state index in [-0.39, 0.29) is 0 Å². The first-order valence-electron chi connectivity index (χ1n) is 2.68. The molecule has 2 aliphatic heterocycles. The Labute approximate surface area is 36.7 Å². The van der Waals surface area contributed by atoms with Crippen molar-refractivity contribution in [2.24, 2.45) is 5.92 Å². The van der Waals surface area contributed by atoms with Crippen molar-refractivity contribution in [3.8, 4) is 0 Å². The lowest BCUT2D eigenvalue weighted by Gasteiger charge is -2.50. The maximum Gasteiger partial charge on any atom is 0.0246 e. The van der Waals surface area contributed by atoms with E-state index in [0.717, 1.165) is 17.5 Å². The molecular formula is C5H7N. The highest BCUT2D eigenvalue weighted by Crippen LogP contribution is 2.68. The lowest BCUT2D eigenvalue weighted by atomic mass is 9.76. The lowest BCUT2D eigenvalue weighted by Crippen LogP contribution is -2.68. The van der Waals surface area contributed by atoms with Crippen LogP contribution < -0.4 is 5.32 Å². The van der Waals surface area contributed by atoms with E-state index in [4.69, 9.17) is 0 Å². The van der Waals surface area contributed by atoms with Gasteiger partial charge in [0.1, 0.15) is 0 Å². The molecule has 2 saturated heterocycles. The van der Waals surface area contributed by atoms with Crippen LogP contribution in [-0.2, 0) is 0 Å². The van der Waals surface area contributed by atoms with E-state index >= 15 is 0 Å². The summed E-state index contributed by atoms with van der Waals surface area (Å²) in [6.45, 7) is 0. The van der Waals surface area contributed by atoms with Crippen molar-refractivity contribution in [3.05, 3.63) is 0 Å². The summed E-state index contributed by atoms with van der Waals surface area (Å²) in [6.07, 6.45) is 3.02. The van der Waals surface area contributed by atoms with Crippen molar-refractivity contribution >= 4 is 0 Å². The van der Waals surface area contributed by atoms with E-state index in [1.807, 2.05) is 0 Å². The van der Waals surface area contributed by atoms with Crippen LogP contribution in [0.1, 0.15) is 12.8 Å². The van der Waals surface area contributed by atoms with Gasteiger partial charge in [-0.25, -0.2) is 0 Å². The van der Waals surface area contributed by atoms with E-state index < -0.39 is 0 Å². The van der Waals surface area contributed by atoms with E-state index in [0.29, 0.717) is 0 Å². The van der Waals surface area contributed by atoms with Crippen molar-refractivity contribution < 1.29 is 0 Å². The van der Waals surface area contributed by atoms with Crippen LogP contribution in [0.2, 0.25) is 0 Å². The molecule has 2 bridgehead atoms. The zero-order valence-electron chi connectivity index (χ0n) is 3.57. The molecule has 2 unspecified atom stereocenters. The Kier molecular flexibility index (Phi) is 0.134. The molecule has 0 aromatic carbocycles. The van der Waals surface area contributed by atoms with Gasteiger partial charge in [0.05, 0.1) is 0 Å². The minimum atomic E-state index is 0.782. The highest BCUT2D eigenvalue weighted by Gasteiger charge is 2.77. The minimum absolute atomic E-state index is 0.782. The molecule has 1 spiro atoms. The normalized spacial score (nSPS) is 80.0. The lowest BCUT2D eigenvalue weighted by molar-refractivity contribution is 0.0880. The van der Waals surface area contributed by atoms with Crippen molar-refractivity contribution in [1.82, 2.24) is 5.32 Å². The summed E-state index contributed by atoms with van der Waals surface area (Å²) >= 11 is 0. The Morgan fingerprint density at radius 2 is 2.17 bits per heavy atom. The van der Waals surface area contributed by atoms with Gasteiger partial charge in [-0.05, 0) is 18.8 Å². The monoisotopic (exact) mass is 81.1 g/mol. The van der Waals surface area contributed by atoms with Crippen LogP contribution in [0.4, 0.5) is 0 Å². The summed E-state index contributed by atoms with van der Waals surface area (Å²) in [7, 11) is 0. The van der Waals surface area contributed by atoms with Gasteiger partial charge in [0.2, 0.25) is 0 Å². The zero-order valence-corrected chi connectivity index (χ0v) is 3.57. The Bertz CT molecular complexity index is 102. The molecule has 4 fully saturated rings. The average molecular weight is 81.1 g/mol. The highest BCUT2D eigenvalue weighted by molar-refractivity contribution is 5.36.